The summed E-state index contributed by atoms with van der Waals surface area (Å²) in [5, 5.41) is 14.3. The van der Waals surface area contributed by atoms with Crippen LogP contribution in [0.2, 0.25) is 0 Å². The predicted octanol–water partition coefficient (Wildman–Crippen LogP) is 4.50. The molecule has 2 N–H and O–H groups in total. The third kappa shape index (κ3) is 8.05. The first-order valence-corrected chi connectivity index (χ1v) is 17.3. The number of carbonyl (C=O) groups is 3. The number of nitrogens with one attached hydrogen (secondary N) is 1. The maximum absolute atomic E-state index is 13.6. The van der Waals surface area contributed by atoms with Crippen molar-refractivity contribution in [2.75, 3.05) is 26.4 Å². The highest BCUT2D eigenvalue weighted by Gasteiger charge is 2.39. The Kier molecular flexibility index (Phi) is 10.6. The highest BCUT2D eigenvalue weighted by Crippen LogP contribution is 2.32. The second-order valence-electron chi connectivity index (χ2n) is 14.0. The van der Waals surface area contributed by atoms with Gasteiger partial charge in [0, 0.05) is 18.7 Å². The van der Waals surface area contributed by atoms with Gasteiger partial charge in [0.25, 0.3) is 11.8 Å². The van der Waals surface area contributed by atoms with Crippen LogP contribution in [0.5, 0.6) is 11.5 Å². The molecule has 13 heteroatoms. The van der Waals surface area contributed by atoms with Crippen molar-refractivity contribution < 1.29 is 42.9 Å². The van der Waals surface area contributed by atoms with Crippen molar-refractivity contribution in [1.82, 2.24) is 20.1 Å². The minimum Gasteiger partial charge on any atom is -0.493 e. The number of hydrogen-bond acceptors (Lipinski definition) is 10. The van der Waals surface area contributed by atoms with Gasteiger partial charge in [-0.25, -0.2) is 9.78 Å². The molecule has 13 nitrogen and oxygen atoms in total. The number of aliphatic hydroxyl groups excluding tert-OH is 1. The normalized spacial score (nSPS) is 20.8. The van der Waals surface area contributed by atoms with Crippen LogP contribution in [0.1, 0.15) is 84.6 Å². The molecule has 3 aliphatic rings. The van der Waals surface area contributed by atoms with Crippen LogP contribution in [0.4, 0.5) is 4.79 Å². The highest BCUT2D eigenvalue weighted by molar-refractivity contribution is 6.00. The van der Waals surface area contributed by atoms with Gasteiger partial charge in [0.1, 0.15) is 23.7 Å². The van der Waals surface area contributed by atoms with Crippen LogP contribution in [0, 0.1) is 0 Å². The van der Waals surface area contributed by atoms with Crippen LogP contribution in [-0.2, 0) is 29.0 Å². The van der Waals surface area contributed by atoms with Gasteiger partial charge in [-0.05, 0) is 94.8 Å². The number of aliphatic hydroxyl groups is 1. The summed E-state index contributed by atoms with van der Waals surface area (Å²) >= 11 is 0. The zero-order chi connectivity index (χ0) is 35.4. The number of carbonyl (C=O) groups excluding carboxylic acids is 3. The Bertz CT molecular complexity index is 1650. The third-order valence-corrected chi connectivity index (χ3v) is 9.25. The van der Waals surface area contributed by atoms with E-state index < -0.39 is 29.7 Å². The standard InChI is InChI=1S/C37H46N4O9/c1-5-47-33-15-24(35(44)41-26-7-6-8-27(41)20-46-19-26)10-12-30(33)34(43)39-17-32(42)31-14-23-9-11-28(48-21-29-16-38-22-49-29)13-25(23)18-40(31)36(45)50-37(2,3)4/h9-13,15-16,22,26-27,31-32,42H,5-8,14,17-21H2,1-4H3,(H,39,43)/t26-,27+,31-,32+/m0/s1. The number of benzene rings is 2. The van der Waals surface area contributed by atoms with Crippen LogP contribution >= 0.6 is 0 Å². The Morgan fingerprint density at radius 2 is 1.84 bits per heavy atom. The molecule has 3 aromatic rings. The molecule has 2 bridgehead atoms. The lowest BCUT2D eigenvalue weighted by Crippen LogP contribution is -2.57. The number of ether oxygens (including phenoxy) is 4. The van der Waals surface area contributed by atoms with Crippen molar-refractivity contribution in [3.8, 4) is 11.5 Å². The number of piperidine rings is 1. The molecule has 0 aliphatic carbocycles. The fourth-order valence-corrected chi connectivity index (χ4v) is 6.87. The van der Waals surface area contributed by atoms with Crippen LogP contribution in [0.25, 0.3) is 0 Å². The Balaban J connectivity index is 1.15. The van der Waals surface area contributed by atoms with Gasteiger partial charge < -0.3 is 38.7 Å². The van der Waals surface area contributed by atoms with Crippen LogP contribution in [0.15, 0.2) is 53.4 Å². The van der Waals surface area contributed by atoms with Crippen molar-refractivity contribution in [3.05, 3.63) is 77.0 Å². The average Bonchev–Trinajstić information content (AvgIpc) is 3.61. The quantitative estimate of drug-likeness (QED) is 0.311. The molecule has 2 fully saturated rings. The molecule has 4 heterocycles. The summed E-state index contributed by atoms with van der Waals surface area (Å²) in [6, 6.07) is 9.87. The molecule has 4 atom stereocenters. The molecule has 2 aromatic carbocycles. The van der Waals surface area contributed by atoms with E-state index in [1.54, 1.807) is 45.2 Å². The van der Waals surface area contributed by atoms with Crippen molar-refractivity contribution in [3.63, 3.8) is 0 Å². The van der Waals surface area contributed by atoms with Crippen molar-refractivity contribution >= 4 is 17.9 Å². The Labute approximate surface area is 291 Å². The molecule has 0 spiro atoms. The van der Waals surface area contributed by atoms with Gasteiger partial charge in [0.15, 0.2) is 12.2 Å². The first-order chi connectivity index (χ1) is 24.0. The minimum atomic E-state index is -1.13. The van der Waals surface area contributed by atoms with Crippen molar-refractivity contribution in [1.29, 1.82) is 0 Å². The summed E-state index contributed by atoms with van der Waals surface area (Å²) in [4.78, 5) is 47.9. The van der Waals surface area contributed by atoms with Crippen LogP contribution in [0.3, 0.4) is 0 Å². The molecule has 0 saturated carbocycles. The van der Waals surface area contributed by atoms with Gasteiger partial charge >= 0.3 is 6.09 Å². The van der Waals surface area contributed by atoms with Crippen LogP contribution < -0.4 is 14.8 Å². The van der Waals surface area contributed by atoms with Crippen molar-refractivity contribution in [2.24, 2.45) is 0 Å². The minimum absolute atomic E-state index is 0.0440. The number of amides is 3. The average molecular weight is 691 g/mol. The monoisotopic (exact) mass is 690 g/mol. The molecule has 3 aliphatic heterocycles. The second kappa shape index (κ2) is 15.1. The molecule has 3 amide bonds. The zero-order valence-corrected chi connectivity index (χ0v) is 29.1. The second-order valence-corrected chi connectivity index (χ2v) is 14.0. The van der Waals surface area contributed by atoms with E-state index in [1.807, 2.05) is 30.0 Å². The number of morpholine rings is 1. The van der Waals surface area contributed by atoms with E-state index in [-0.39, 0.29) is 49.0 Å². The van der Waals surface area contributed by atoms with Gasteiger partial charge in [-0.2, -0.15) is 0 Å². The number of rotatable bonds is 10. The highest BCUT2D eigenvalue weighted by atomic mass is 16.6. The fourth-order valence-electron chi connectivity index (χ4n) is 6.87. The van der Waals surface area contributed by atoms with Crippen molar-refractivity contribution in [2.45, 2.75) is 96.4 Å². The molecule has 50 heavy (non-hydrogen) atoms. The molecular formula is C37H46N4O9. The lowest BCUT2D eigenvalue weighted by atomic mass is 9.91. The predicted molar refractivity (Wildman–Crippen MR) is 181 cm³/mol. The molecule has 268 valence electrons. The Morgan fingerprint density at radius 1 is 1.06 bits per heavy atom. The fraction of sp³-hybridized carbons (Fsp3) is 0.514. The maximum atomic E-state index is 13.6. The number of nitrogens with zero attached hydrogens (tertiary/aromatic N) is 3. The summed E-state index contributed by atoms with van der Waals surface area (Å²) in [5.41, 5.74) is 1.73. The first-order valence-electron chi connectivity index (χ1n) is 17.3. The van der Waals surface area contributed by atoms with E-state index in [4.69, 9.17) is 23.4 Å². The molecular weight excluding hydrogens is 644 g/mol. The Morgan fingerprint density at radius 3 is 2.54 bits per heavy atom. The van der Waals surface area contributed by atoms with E-state index in [0.717, 1.165) is 30.4 Å². The van der Waals surface area contributed by atoms with Gasteiger partial charge in [0.2, 0.25) is 0 Å². The SMILES string of the molecule is CCOc1cc(C(=O)N2[C@@H]3CCC[C@H]2COC3)ccc1C(=O)NC[C@@H](O)[C@@H]1Cc2ccc(OCc3cnco3)cc2CN1C(=O)OC(C)(C)C. The van der Waals surface area contributed by atoms with E-state index in [1.165, 1.54) is 11.3 Å². The maximum Gasteiger partial charge on any atom is 0.410 e. The molecule has 0 unspecified atom stereocenters. The molecule has 1 aromatic heterocycles. The van der Waals surface area contributed by atoms with Gasteiger partial charge in [0.05, 0.1) is 55.8 Å². The lowest BCUT2D eigenvalue weighted by Gasteiger charge is -2.45. The lowest BCUT2D eigenvalue weighted by molar-refractivity contribution is -0.0566. The largest absolute Gasteiger partial charge is 0.493 e. The summed E-state index contributed by atoms with van der Waals surface area (Å²) < 4.78 is 28.4. The number of aromatic nitrogens is 1. The van der Waals surface area contributed by atoms with Gasteiger partial charge in [-0.15, -0.1) is 0 Å². The van der Waals surface area contributed by atoms with E-state index >= 15 is 0 Å². The van der Waals surface area contributed by atoms with Gasteiger partial charge in [-0.3, -0.25) is 14.5 Å². The molecule has 0 radical (unpaired) electrons. The first kappa shape index (κ1) is 35.2. The van der Waals surface area contributed by atoms with E-state index in [2.05, 4.69) is 10.3 Å². The Hall–Kier alpha value is -4.62. The summed E-state index contributed by atoms with van der Waals surface area (Å²) in [7, 11) is 0. The van der Waals surface area contributed by atoms with Crippen LogP contribution in [-0.4, -0.2) is 94.0 Å². The number of hydrogen-bond donors (Lipinski definition) is 2. The summed E-state index contributed by atoms with van der Waals surface area (Å²) in [5.74, 6) is 0.896. The summed E-state index contributed by atoms with van der Waals surface area (Å²) in [6.45, 7) is 8.75. The topological polar surface area (TPSA) is 153 Å². The van der Waals surface area contributed by atoms with E-state index in [0.29, 0.717) is 43.3 Å². The smallest absolute Gasteiger partial charge is 0.410 e. The third-order valence-electron chi connectivity index (χ3n) is 9.25. The zero-order valence-electron chi connectivity index (χ0n) is 29.1. The van der Waals surface area contributed by atoms with Gasteiger partial charge in [-0.1, -0.05) is 6.07 Å². The summed E-state index contributed by atoms with van der Waals surface area (Å²) in [6.07, 6.45) is 4.43. The number of oxazole rings is 1. The number of fused-ring (bicyclic) bond motifs is 3. The van der Waals surface area contributed by atoms with E-state index in [9.17, 15) is 19.5 Å². The molecule has 6 rings (SSSR count). The molecule has 2 saturated heterocycles.